The van der Waals surface area contributed by atoms with Gasteiger partial charge in [-0.05, 0) is 38.2 Å². The first-order chi connectivity index (χ1) is 9.11. The molecule has 0 amide bonds. The zero-order chi connectivity index (χ0) is 13.4. The van der Waals surface area contributed by atoms with Gasteiger partial charge in [-0.25, -0.2) is 4.79 Å². The lowest BCUT2D eigenvalue weighted by molar-refractivity contribution is 0.265. The van der Waals surface area contributed by atoms with Gasteiger partial charge in [-0.2, -0.15) is 0 Å². The van der Waals surface area contributed by atoms with Gasteiger partial charge in [0.1, 0.15) is 0 Å². The number of H-pyrrole nitrogens is 2. The Kier molecular flexibility index (Phi) is 3.16. The van der Waals surface area contributed by atoms with E-state index < -0.39 is 0 Å². The van der Waals surface area contributed by atoms with Gasteiger partial charge in [0, 0.05) is 25.7 Å². The predicted octanol–water partition coefficient (Wildman–Crippen LogP) is 0.992. The van der Waals surface area contributed by atoms with Crippen LogP contribution in [0, 0.1) is 0 Å². The zero-order valence-electron chi connectivity index (χ0n) is 11.4. The summed E-state index contributed by atoms with van der Waals surface area (Å²) in [6.07, 6.45) is 1.23. The third kappa shape index (κ3) is 2.57. The molecule has 5 nitrogen and oxygen atoms in total. The Morgan fingerprint density at radius 2 is 2.11 bits per heavy atom. The molecular weight excluding hydrogens is 240 g/mol. The van der Waals surface area contributed by atoms with Crippen LogP contribution in [0.4, 0.5) is 0 Å². The van der Waals surface area contributed by atoms with Crippen LogP contribution in [0.2, 0.25) is 0 Å². The van der Waals surface area contributed by atoms with Gasteiger partial charge < -0.3 is 14.9 Å². The average Bonchev–Trinajstić information content (AvgIpc) is 2.94. The summed E-state index contributed by atoms with van der Waals surface area (Å²) in [5.41, 5.74) is 2.88. The van der Waals surface area contributed by atoms with Gasteiger partial charge in [0.2, 0.25) is 0 Å². The van der Waals surface area contributed by atoms with Crippen LogP contribution < -0.4 is 5.69 Å². The number of rotatable bonds is 3. The number of aromatic nitrogens is 2. The topological polar surface area (TPSA) is 55.1 Å². The zero-order valence-corrected chi connectivity index (χ0v) is 11.4. The van der Waals surface area contributed by atoms with Crippen molar-refractivity contribution < 1.29 is 0 Å². The maximum Gasteiger partial charge on any atom is 0.323 e. The highest BCUT2D eigenvalue weighted by molar-refractivity contribution is 5.74. The Hall–Kier alpha value is -1.59. The number of likely N-dealkylation sites (N-methyl/N-ethyl adjacent to an activating group) is 1. The average molecular weight is 260 g/mol. The highest BCUT2D eigenvalue weighted by Crippen LogP contribution is 2.18. The van der Waals surface area contributed by atoms with Crippen LogP contribution in [0.3, 0.4) is 0 Å². The third-order valence-corrected chi connectivity index (χ3v) is 3.96. The lowest BCUT2D eigenvalue weighted by Crippen LogP contribution is -2.31. The van der Waals surface area contributed by atoms with E-state index in [9.17, 15) is 4.79 Å². The molecule has 3 rings (SSSR count). The standard InChI is InChI=1S/C14H20N4O/c1-17(2)11-5-6-18(9-11)8-10-3-4-12-13(7-10)16-14(19)15-12/h3-4,7,11H,5-6,8-9H2,1-2H3,(H2,15,16,19). The third-order valence-electron chi connectivity index (χ3n) is 3.96. The Bertz CT molecular complexity index is 628. The second kappa shape index (κ2) is 4.83. The molecule has 0 spiro atoms. The molecule has 1 aromatic heterocycles. The van der Waals surface area contributed by atoms with E-state index in [1.165, 1.54) is 12.0 Å². The van der Waals surface area contributed by atoms with E-state index in [1.807, 2.05) is 6.07 Å². The molecule has 2 heterocycles. The molecule has 19 heavy (non-hydrogen) atoms. The van der Waals surface area contributed by atoms with Gasteiger partial charge in [0.05, 0.1) is 11.0 Å². The number of imidazole rings is 1. The van der Waals surface area contributed by atoms with Crippen LogP contribution >= 0.6 is 0 Å². The normalized spacial score (nSPS) is 20.7. The van der Waals surface area contributed by atoms with Crippen molar-refractivity contribution in [1.82, 2.24) is 19.8 Å². The Labute approximate surface area is 112 Å². The highest BCUT2D eigenvalue weighted by atomic mass is 16.1. The number of likely N-dealkylation sites (tertiary alicyclic amines) is 1. The molecule has 1 fully saturated rings. The van der Waals surface area contributed by atoms with E-state index in [-0.39, 0.29) is 5.69 Å². The molecule has 1 atom stereocenters. The van der Waals surface area contributed by atoms with Crippen LogP contribution in [0.25, 0.3) is 11.0 Å². The quantitative estimate of drug-likeness (QED) is 0.865. The van der Waals surface area contributed by atoms with Crippen molar-refractivity contribution in [2.24, 2.45) is 0 Å². The summed E-state index contributed by atoms with van der Waals surface area (Å²) in [5.74, 6) is 0. The number of nitrogens with one attached hydrogen (secondary N) is 2. The van der Waals surface area contributed by atoms with Crippen LogP contribution in [0.5, 0.6) is 0 Å². The predicted molar refractivity (Wildman–Crippen MR) is 76.3 cm³/mol. The Morgan fingerprint density at radius 1 is 1.32 bits per heavy atom. The van der Waals surface area contributed by atoms with Crippen molar-refractivity contribution in [2.45, 2.75) is 19.0 Å². The largest absolute Gasteiger partial charge is 0.323 e. The van der Waals surface area contributed by atoms with Crippen LogP contribution in [0.1, 0.15) is 12.0 Å². The van der Waals surface area contributed by atoms with E-state index in [0.717, 1.165) is 30.7 Å². The lowest BCUT2D eigenvalue weighted by atomic mass is 10.2. The van der Waals surface area contributed by atoms with E-state index in [0.29, 0.717) is 6.04 Å². The SMILES string of the molecule is CN(C)C1CCN(Cc2ccc3[nH]c(=O)[nH]c3c2)C1. The van der Waals surface area contributed by atoms with Crippen molar-refractivity contribution in [3.8, 4) is 0 Å². The summed E-state index contributed by atoms with van der Waals surface area (Å²) in [6, 6.07) is 6.80. The molecule has 1 aromatic carbocycles. The monoisotopic (exact) mass is 260 g/mol. The van der Waals surface area contributed by atoms with Crippen LogP contribution in [-0.2, 0) is 6.54 Å². The van der Waals surface area contributed by atoms with Gasteiger partial charge in [0.25, 0.3) is 0 Å². The molecule has 0 aliphatic carbocycles. The molecule has 1 unspecified atom stereocenters. The molecule has 2 aromatic rings. The fourth-order valence-electron chi connectivity index (χ4n) is 2.81. The van der Waals surface area contributed by atoms with Crippen molar-refractivity contribution >= 4 is 11.0 Å². The molecule has 0 radical (unpaired) electrons. The maximum atomic E-state index is 11.2. The molecule has 5 heteroatoms. The minimum Gasteiger partial charge on any atom is -0.306 e. The molecule has 1 aliphatic rings. The number of hydrogen-bond acceptors (Lipinski definition) is 3. The summed E-state index contributed by atoms with van der Waals surface area (Å²) < 4.78 is 0. The van der Waals surface area contributed by atoms with Crippen LogP contribution in [-0.4, -0.2) is 53.0 Å². The minimum atomic E-state index is -0.138. The van der Waals surface area contributed by atoms with Gasteiger partial charge in [0.15, 0.2) is 0 Å². The molecule has 2 N–H and O–H groups in total. The number of nitrogens with zero attached hydrogens (tertiary/aromatic N) is 2. The summed E-state index contributed by atoms with van der Waals surface area (Å²) in [4.78, 5) is 21.6. The minimum absolute atomic E-state index is 0.138. The first-order valence-electron chi connectivity index (χ1n) is 6.71. The fraction of sp³-hybridized carbons (Fsp3) is 0.500. The second-order valence-electron chi connectivity index (χ2n) is 5.60. The number of aromatic amines is 2. The van der Waals surface area contributed by atoms with E-state index in [1.54, 1.807) is 0 Å². The smallest absolute Gasteiger partial charge is 0.306 e. The Morgan fingerprint density at radius 3 is 2.84 bits per heavy atom. The van der Waals surface area contributed by atoms with E-state index in [4.69, 9.17) is 0 Å². The summed E-state index contributed by atoms with van der Waals surface area (Å²) in [5, 5.41) is 0. The number of hydrogen-bond donors (Lipinski definition) is 2. The summed E-state index contributed by atoms with van der Waals surface area (Å²) in [7, 11) is 4.29. The Balaban J connectivity index is 1.73. The first-order valence-corrected chi connectivity index (χ1v) is 6.71. The van der Waals surface area contributed by atoms with E-state index in [2.05, 4.69) is 46.0 Å². The van der Waals surface area contributed by atoms with Crippen molar-refractivity contribution in [3.63, 3.8) is 0 Å². The molecule has 1 aliphatic heterocycles. The van der Waals surface area contributed by atoms with Gasteiger partial charge >= 0.3 is 5.69 Å². The van der Waals surface area contributed by atoms with Crippen molar-refractivity contribution in [3.05, 3.63) is 34.2 Å². The van der Waals surface area contributed by atoms with Crippen LogP contribution in [0.15, 0.2) is 23.0 Å². The second-order valence-corrected chi connectivity index (χ2v) is 5.60. The summed E-state index contributed by atoms with van der Waals surface area (Å²) in [6.45, 7) is 3.22. The molecule has 1 saturated heterocycles. The van der Waals surface area contributed by atoms with Crippen molar-refractivity contribution in [2.75, 3.05) is 27.2 Å². The molecule has 102 valence electrons. The number of benzene rings is 1. The van der Waals surface area contributed by atoms with Crippen molar-refractivity contribution in [1.29, 1.82) is 0 Å². The lowest BCUT2D eigenvalue weighted by Gasteiger charge is -2.20. The molecule has 0 bridgehead atoms. The van der Waals surface area contributed by atoms with E-state index >= 15 is 0 Å². The molecular formula is C14H20N4O. The first kappa shape index (κ1) is 12.4. The van der Waals surface area contributed by atoms with Gasteiger partial charge in [-0.15, -0.1) is 0 Å². The summed E-state index contributed by atoms with van der Waals surface area (Å²) >= 11 is 0. The fourth-order valence-corrected chi connectivity index (χ4v) is 2.81. The van der Waals surface area contributed by atoms with Gasteiger partial charge in [-0.1, -0.05) is 6.07 Å². The molecule has 0 saturated carbocycles. The number of fused-ring (bicyclic) bond motifs is 1. The maximum absolute atomic E-state index is 11.2. The van der Waals surface area contributed by atoms with Gasteiger partial charge in [-0.3, -0.25) is 4.90 Å². The highest BCUT2D eigenvalue weighted by Gasteiger charge is 2.23.